The molecule has 98 valence electrons. The fraction of sp³-hybridized carbons (Fsp3) is 0.786. The summed E-state index contributed by atoms with van der Waals surface area (Å²) in [6, 6.07) is 0.405. The maximum absolute atomic E-state index is 6.35. The molecule has 0 aromatic carbocycles. The Kier molecular flexibility index (Phi) is 4.05. The lowest BCUT2D eigenvalue weighted by Crippen LogP contribution is -2.16. The maximum atomic E-state index is 6.35. The molecular weight excluding hydrogens is 239 g/mol. The summed E-state index contributed by atoms with van der Waals surface area (Å²) in [5, 5.41) is -0.0449. The number of aromatic nitrogens is 1. The first-order valence-electron chi connectivity index (χ1n) is 6.93. The number of hydrogen-bond acceptors (Lipinski definition) is 2. The van der Waals surface area contributed by atoms with Gasteiger partial charge in [-0.25, -0.2) is 0 Å². The molecule has 0 bridgehead atoms. The van der Waals surface area contributed by atoms with Crippen molar-refractivity contribution in [2.75, 3.05) is 0 Å². The summed E-state index contributed by atoms with van der Waals surface area (Å²) in [6.07, 6.45) is 5.54. The van der Waals surface area contributed by atoms with Gasteiger partial charge in [-0.2, -0.15) is 0 Å². The summed E-state index contributed by atoms with van der Waals surface area (Å²) in [7, 11) is 8.49. The third-order valence-corrected chi connectivity index (χ3v) is 5.06. The molecule has 0 spiro atoms. The van der Waals surface area contributed by atoms with Gasteiger partial charge >= 0.3 is 0 Å². The van der Waals surface area contributed by atoms with Crippen LogP contribution in [0.25, 0.3) is 0 Å². The largest absolute Gasteiger partial charge is 0.324 e. The molecule has 0 saturated carbocycles. The Morgan fingerprint density at radius 2 is 2.28 bits per heavy atom. The summed E-state index contributed by atoms with van der Waals surface area (Å²) in [4.78, 5) is 7.41. The Hall–Kier alpha value is -0.505. The van der Waals surface area contributed by atoms with Crippen molar-refractivity contribution < 1.29 is 0 Å². The third kappa shape index (κ3) is 2.90. The van der Waals surface area contributed by atoms with Crippen molar-refractivity contribution in [1.82, 2.24) is 4.57 Å². The van der Waals surface area contributed by atoms with Gasteiger partial charge in [-0.15, -0.1) is 11.3 Å². The average molecular weight is 262 g/mol. The lowest BCUT2D eigenvalue weighted by atomic mass is 9.66. The summed E-state index contributed by atoms with van der Waals surface area (Å²) < 4.78 is 2.29. The van der Waals surface area contributed by atoms with E-state index in [1.54, 1.807) is 0 Å². The van der Waals surface area contributed by atoms with Crippen LogP contribution in [0.1, 0.15) is 50.6 Å². The second kappa shape index (κ2) is 5.24. The molecule has 2 radical (unpaired) electrons. The van der Waals surface area contributed by atoms with Crippen LogP contribution in [0, 0.1) is 0 Å². The van der Waals surface area contributed by atoms with E-state index in [2.05, 4.69) is 32.4 Å². The lowest BCUT2D eigenvalue weighted by Gasteiger charge is -2.21. The van der Waals surface area contributed by atoms with Gasteiger partial charge < -0.3 is 4.57 Å². The van der Waals surface area contributed by atoms with Gasteiger partial charge in [0.25, 0.3) is 0 Å². The Morgan fingerprint density at radius 1 is 1.56 bits per heavy atom. The predicted octanol–water partition coefficient (Wildman–Crippen LogP) is 3.01. The number of rotatable bonds is 2. The molecule has 4 heteroatoms. The minimum atomic E-state index is -0.0449. The minimum absolute atomic E-state index is 0.0449. The van der Waals surface area contributed by atoms with Crippen LogP contribution in [0.5, 0.6) is 0 Å². The van der Waals surface area contributed by atoms with Crippen LogP contribution >= 0.6 is 11.3 Å². The molecule has 18 heavy (non-hydrogen) atoms. The zero-order valence-corrected chi connectivity index (χ0v) is 12.8. The number of thiazole rings is 1. The summed E-state index contributed by atoms with van der Waals surface area (Å²) in [6.45, 7) is 6.54. The van der Waals surface area contributed by atoms with E-state index >= 15 is 0 Å². The topological polar surface area (TPSA) is 17.3 Å². The van der Waals surface area contributed by atoms with Crippen LogP contribution in [0.15, 0.2) is 4.99 Å². The highest BCUT2D eigenvalue weighted by Crippen LogP contribution is 2.37. The first-order valence-corrected chi connectivity index (χ1v) is 7.75. The first-order chi connectivity index (χ1) is 8.43. The number of nitrogens with zero attached hydrogens (tertiary/aromatic N) is 2. The SMILES string of the molecule is [B]C1(C)CCCc2c(sc(=NC(C)CC)n2C)C1. The molecule has 0 saturated heterocycles. The van der Waals surface area contributed by atoms with Gasteiger partial charge in [0, 0.05) is 17.6 Å². The summed E-state index contributed by atoms with van der Waals surface area (Å²) in [5.74, 6) is 0. The second-order valence-electron chi connectivity index (χ2n) is 5.88. The molecule has 1 aromatic heterocycles. The monoisotopic (exact) mass is 262 g/mol. The van der Waals surface area contributed by atoms with Crippen molar-refractivity contribution in [3.05, 3.63) is 15.4 Å². The van der Waals surface area contributed by atoms with E-state index in [0.717, 1.165) is 30.5 Å². The van der Waals surface area contributed by atoms with Crippen LogP contribution in [0.4, 0.5) is 0 Å². The van der Waals surface area contributed by atoms with E-state index in [-0.39, 0.29) is 5.31 Å². The number of hydrogen-bond donors (Lipinski definition) is 0. The van der Waals surface area contributed by atoms with Crippen molar-refractivity contribution in [2.45, 2.75) is 64.2 Å². The zero-order valence-electron chi connectivity index (χ0n) is 12.0. The molecule has 2 atom stereocenters. The van der Waals surface area contributed by atoms with Crippen molar-refractivity contribution in [3.63, 3.8) is 0 Å². The Labute approximate surface area is 116 Å². The van der Waals surface area contributed by atoms with Crippen molar-refractivity contribution in [2.24, 2.45) is 12.0 Å². The standard InChI is InChI=1S/C14H23BN2S/c1-5-10(2)16-13-17(4)11-7-6-8-14(3,15)9-12(11)18-13/h10H,5-9H2,1-4H3. The van der Waals surface area contributed by atoms with Gasteiger partial charge in [-0.1, -0.05) is 25.6 Å². The van der Waals surface area contributed by atoms with Crippen LogP contribution in [0.3, 0.4) is 0 Å². The maximum Gasteiger partial charge on any atom is 0.185 e. The van der Waals surface area contributed by atoms with Crippen molar-refractivity contribution >= 4 is 19.2 Å². The van der Waals surface area contributed by atoms with Crippen molar-refractivity contribution in [1.29, 1.82) is 0 Å². The van der Waals surface area contributed by atoms with Gasteiger partial charge in [0.15, 0.2) is 4.80 Å². The minimum Gasteiger partial charge on any atom is -0.324 e. The van der Waals surface area contributed by atoms with E-state index in [4.69, 9.17) is 12.8 Å². The molecule has 1 aliphatic carbocycles. The molecule has 1 heterocycles. The van der Waals surface area contributed by atoms with Gasteiger partial charge in [0.2, 0.25) is 0 Å². The van der Waals surface area contributed by atoms with Crippen LogP contribution in [-0.4, -0.2) is 18.5 Å². The Morgan fingerprint density at radius 3 is 2.94 bits per heavy atom. The molecule has 2 rings (SSSR count). The van der Waals surface area contributed by atoms with E-state index in [0.29, 0.717) is 6.04 Å². The number of fused-ring (bicyclic) bond motifs is 1. The highest BCUT2D eigenvalue weighted by atomic mass is 32.1. The molecule has 1 aromatic rings. The summed E-state index contributed by atoms with van der Waals surface area (Å²) in [5.41, 5.74) is 1.45. The quantitative estimate of drug-likeness (QED) is 0.576. The van der Waals surface area contributed by atoms with Crippen LogP contribution < -0.4 is 4.80 Å². The normalized spacial score (nSPS) is 26.8. The van der Waals surface area contributed by atoms with Gasteiger partial charge in [0.1, 0.15) is 0 Å². The Balaban J connectivity index is 2.42. The van der Waals surface area contributed by atoms with Crippen LogP contribution in [0.2, 0.25) is 5.31 Å². The first kappa shape index (κ1) is 13.9. The third-order valence-electron chi connectivity index (χ3n) is 3.88. The van der Waals surface area contributed by atoms with E-state index in [1.807, 2.05) is 11.3 Å². The summed E-state index contributed by atoms with van der Waals surface area (Å²) >= 11 is 1.84. The smallest absolute Gasteiger partial charge is 0.185 e. The average Bonchev–Trinajstić information content (AvgIpc) is 2.47. The zero-order chi connectivity index (χ0) is 13.3. The molecule has 0 N–H and O–H groups in total. The fourth-order valence-electron chi connectivity index (χ4n) is 2.49. The highest BCUT2D eigenvalue weighted by Gasteiger charge is 2.25. The van der Waals surface area contributed by atoms with E-state index < -0.39 is 0 Å². The van der Waals surface area contributed by atoms with E-state index in [1.165, 1.54) is 17.0 Å². The van der Waals surface area contributed by atoms with Gasteiger partial charge in [-0.05, 0) is 32.6 Å². The lowest BCUT2D eigenvalue weighted by molar-refractivity contribution is 0.551. The molecule has 2 unspecified atom stereocenters. The molecule has 2 nitrogen and oxygen atoms in total. The van der Waals surface area contributed by atoms with Gasteiger partial charge in [0.05, 0.1) is 13.9 Å². The predicted molar refractivity (Wildman–Crippen MR) is 79.4 cm³/mol. The molecule has 0 fully saturated rings. The molecule has 0 aliphatic heterocycles. The highest BCUT2D eigenvalue weighted by molar-refractivity contribution is 7.09. The van der Waals surface area contributed by atoms with Gasteiger partial charge in [-0.3, -0.25) is 4.99 Å². The molecule has 0 amide bonds. The van der Waals surface area contributed by atoms with Crippen molar-refractivity contribution in [3.8, 4) is 0 Å². The second-order valence-corrected chi connectivity index (χ2v) is 6.95. The molecular formula is C14H23BN2S. The molecule has 1 aliphatic rings. The fourth-order valence-corrected chi connectivity index (χ4v) is 3.95. The van der Waals surface area contributed by atoms with E-state index in [9.17, 15) is 0 Å². The van der Waals surface area contributed by atoms with Crippen LogP contribution in [-0.2, 0) is 19.9 Å². The Bertz CT molecular complexity index is 484.